The third-order valence-electron chi connectivity index (χ3n) is 4.20. The van der Waals surface area contributed by atoms with Gasteiger partial charge in [-0.2, -0.15) is 13.2 Å². The Kier molecular flexibility index (Phi) is 4.89. The highest BCUT2D eigenvalue weighted by Gasteiger charge is 2.38. The molecular weight excluding hydrogens is 309 g/mol. The standard InChI is InChI=1S/C16H21F3N2O2/c1-10(2)20(3)15(23)21-9-13(22)8-14(21)11-5-4-6-12(7-11)16(17,18)19/h4-7,10,13-14,22H,8-9H2,1-3H3/t13-,14+/m0/s1. The molecule has 1 aromatic rings. The molecule has 0 saturated carbocycles. The molecule has 1 heterocycles. The summed E-state index contributed by atoms with van der Waals surface area (Å²) in [5, 5.41) is 9.90. The maximum Gasteiger partial charge on any atom is 0.416 e. The summed E-state index contributed by atoms with van der Waals surface area (Å²) in [5.41, 5.74) is -0.358. The van der Waals surface area contributed by atoms with E-state index in [2.05, 4.69) is 0 Å². The molecular formula is C16H21F3N2O2. The van der Waals surface area contributed by atoms with Crippen molar-refractivity contribution in [2.24, 2.45) is 0 Å². The zero-order chi connectivity index (χ0) is 17.4. The molecule has 2 rings (SSSR count). The van der Waals surface area contributed by atoms with Crippen LogP contribution in [0.15, 0.2) is 24.3 Å². The zero-order valence-corrected chi connectivity index (χ0v) is 13.3. The van der Waals surface area contributed by atoms with Gasteiger partial charge in [-0.15, -0.1) is 0 Å². The Labute approximate surface area is 133 Å². The molecule has 2 atom stereocenters. The summed E-state index contributed by atoms with van der Waals surface area (Å²) in [6.07, 6.45) is -4.94. The monoisotopic (exact) mass is 330 g/mol. The number of halogens is 3. The molecule has 128 valence electrons. The normalized spacial score (nSPS) is 21.8. The van der Waals surface area contributed by atoms with Crippen LogP contribution >= 0.6 is 0 Å². The minimum Gasteiger partial charge on any atom is -0.391 e. The lowest BCUT2D eigenvalue weighted by Gasteiger charge is -2.32. The van der Waals surface area contributed by atoms with Gasteiger partial charge in [-0.05, 0) is 38.0 Å². The number of likely N-dealkylation sites (tertiary alicyclic amines) is 1. The Morgan fingerprint density at radius 1 is 1.39 bits per heavy atom. The van der Waals surface area contributed by atoms with Gasteiger partial charge < -0.3 is 14.9 Å². The van der Waals surface area contributed by atoms with E-state index < -0.39 is 23.9 Å². The van der Waals surface area contributed by atoms with Crippen molar-refractivity contribution in [3.63, 3.8) is 0 Å². The van der Waals surface area contributed by atoms with Crippen molar-refractivity contribution in [3.05, 3.63) is 35.4 Å². The Bertz CT molecular complexity index is 575. The number of amides is 2. The molecule has 0 bridgehead atoms. The molecule has 23 heavy (non-hydrogen) atoms. The summed E-state index contributed by atoms with van der Waals surface area (Å²) in [4.78, 5) is 15.5. The first-order valence-corrected chi connectivity index (χ1v) is 7.50. The van der Waals surface area contributed by atoms with Gasteiger partial charge in [0.1, 0.15) is 0 Å². The SMILES string of the molecule is CC(C)N(C)C(=O)N1C[C@@H](O)C[C@@H]1c1cccc(C(F)(F)F)c1. The van der Waals surface area contributed by atoms with Crippen LogP contribution in [-0.4, -0.2) is 46.7 Å². The lowest BCUT2D eigenvalue weighted by Crippen LogP contribution is -2.44. The quantitative estimate of drug-likeness (QED) is 0.904. The fourth-order valence-corrected chi connectivity index (χ4v) is 2.69. The number of rotatable bonds is 2. The summed E-state index contributed by atoms with van der Waals surface area (Å²) >= 11 is 0. The van der Waals surface area contributed by atoms with Gasteiger partial charge in [0.05, 0.1) is 17.7 Å². The number of nitrogens with zero attached hydrogens (tertiary/aromatic N) is 2. The lowest BCUT2D eigenvalue weighted by atomic mass is 10.0. The second kappa shape index (κ2) is 6.39. The molecule has 0 aliphatic carbocycles. The predicted molar refractivity (Wildman–Crippen MR) is 79.8 cm³/mol. The third kappa shape index (κ3) is 3.77. The van der Waals surface area contributed by atoms with Crippen molar-refractivity contribution in [1.82, 2.24) is 9.80 Å². The first-order valence-electron chi connectivity index (χ1n) is 7.50. The lowest BCUT2D eigenvalue weighted by molar-refractivity contribution is -0.137. The molecule has 0 aromatic heterocycles. The van der Waals surface area contributed by atoms with Gasteiger partial charge in [-0.1, -0.05) is 12.1 Å². The number of carbonyl (C=O) groups excluding carboxylic acids is 1. The fraction of sp³-hybridized carbons (Fsp3) is 0.562. The Balaban J connectivity index is 2.31. The van der Waals surface area contributed by atoms with E-state index in [4.69, 9.17) is 0 Å². The van der Waals surface area contributed by atoms with Crippen LogP contribution in [0.3, 0.4) is 0 Å². The maximum absolute atomic E-state index is 12.9. The van der Waals surface area contributed by atoms with E-state index in [9.17, 15) is 23.1 Å². The van der Waals surface area contributed by atoms with Gasteiger partial charge >= 0.3 is 12.2 Å². The van der Waals surface area contributed by atoms with Crippen LogP contribution in [0.1, 0.15) is 37.4 Å². The number of hydrogen-bond donors (Lipinski definition) is 1. The van der Waals surface area contributed by atoms with Crippen molar-refractivity contribution in [2.45, 2.75) is 44.6 Å². The van der Waals surface area contributed by atoms with E-state index >= 15 is 0 Å². The van der Waals surface area contributed by atoms with Crippen molar-refractivity contribution in [2.75, 3.05) is 13.6 Å². The molecule has 4 nitrogen and oxygen atoms in total. The number of benzene rings is 1. The fourth-order valence-electron chi connectivity index (χ4n) is 2.69. The maximum atomic E-state index is 12.9. The van der Waals surface area contributed by atoms with Gasteiger partial charge in [0.15, 0.2) is 0 Å². The van der Waals surface area contributed by atoms with Crippen molar-refractivity contribution in [1.29, 1.82) is 0 Å². The molecule has 0 unspecified atom stereocenters. The van der Waals surface area contributed by atoms with Gasteiger partial charge in [-0.3, -0.25) is 0 Å². The van der Waals surface area contributed by atoms with Crippen LogP contribution in [0.2, 0.25) is 0 Å². The molecule has 0 spiro atoms. The summed E-state index contributed by atoms with van der Waals surface area (Å²) in [5.74, 6) is 0. The van der Waals surface area contributed by atoms with Crippen LogP contribution in [-0.2, 0) is 6.18 Å². The number of β-amino-alcohol motifs (C(OH)–C–C–N with tert-alkyl or cyclic N) is 1. The Morgan fingerprint density at radius 2 is 2.04 bits per heavy atom. The largest absolute Gasteiger partial charge is 0.416 e. The molecule has 0 radical (unpaired) electrons. The predicted octanol–water partition coefficient (Wildman–Crippen LogP) is 3.27. The summed E-state index contributed by atoms with van der Waals surface area (Å²) in [6.45, 7) is 3.82. The van der Waals surface area contributed by atoms with Crippen LogP contribution in [0.5, 0.6) is 0 Å². The summed E-state index contributed by atoms with van der Waals surface area (Å²) in [7, 11) is 1.64. The van der Waals surface area contributed by atoms with Gasteiger partial charge in [0.2, 0.25) is 0 Å². The molecule has 1 aliphatic heterocycles. The van der Waals surface area contributed by atoms with E-state index in [1.165, 1.54) is 15.9 Å². The number of alkyl halides is 3. The average molecular weight is 330 g/mol. The number of hydrogen-bond acceptors (Lipinski definition) is 2. The van der Waals surface area contributed by atoms with Gasteiger partial charge in [0.25, 0.3) is 0 Å². The average Bonchev–Trinajstić information content (AvgIpc) is 2.87. The third-order valence-corrected chi connectivity index (χ3v) is 4.20. The molecule has 1 saturated heterocycles. The second-order valence-electron chi connectivity index (χ2n) is 6.17. The highest BCUT2D eigenvalue weighted by atomic mass is 19.4. The Hall–Kier alpha value is -1.76. The minimum atomic E-state index is -4.43. The molecule has 2 amide bonds. The summed E-state index contributed by atoms with van der Waals surface area (Å²) in [6, 6.07) is 4.06. The number of urea groups is 1. The first kappa shape index (κ1) is 17.6. The van der Waals surface area contributed by atoms with Crippen LogP contribution in [0.25, 0.3) is 0 Å². The van der Waals surface area contributed by atoms with Gasteiger partial charge in [0, 0.05) is 19.6 Å². The number of aliphatic hydroxyl groups excluding tert-OH is 1. The number of carbonyl (C=O) groups is 1. The molecule has 1 N–H and O–H groups in total. The minimum absolute atomic E-state index is 0.0394. The van der Waals surface area contributed by atoms with Crippen molar-refractivity contribution in [3.8, 4) is 0 Å². The summed E-state index contributed by atoms with van der Waals surface area (Å²) < 4.78 is 38.6. The highest BCUT2D eigenvalue weighted by molar-refractivity contribution is 5.75. The van der Waals surface area contributed by atoms with Crippen molar-refractivity contribution < 1.29 is 23.1 Å². The van der Waals surface area contributed by atoms with Crippen LogP contribution in [0, 0.1) is 0 Å². The van der Waals surface area contributed by atoms with E-state index in [0.29, 0.717) is 5.56 Å². The Morgan fingerprint density at radius 3 is 2.61 bits per heavy atom. The molecule has 1 aliphatic rings. The van der Waals surface area contributed by atoms with Crippen LogP contribution in [0.4, 0.5) is 18.0 Å². The van der Waals surface area contributed by atoms with Crippen LogP contribution < -0.4 is 0 Å². The molecule has 1 aromatic carbocycles. The topological polar surface area (TPSA) is 43.8 Å². The zero-order valence-electron chi connectivity index (χ0n) is 13.3. The highest BCUT2D eigenvalue weighted by Crippen LogP contribution is 2.36. The van der Waals surface area contributed by atoms with Crippen molar-refractivity contribution >= 4 is 6.03 Å². The van der Waals surface area contributed by atoms with Gasteiger partial charge in [-0.25, -0.2) is 4.79 Å². The number of aliphatic hydroxyl groups is 1. The smallest absolute Gasteiger partial charge is 0.391 e. The first-order chi connectivity index (χ1) is 10.6. The van der Waals surface area contributed by atoms with E-state index in [0.717, 1.165) is 12.1 Å². The second-order valence-corrected chi connectivity index (χ2v) is 6.17. The molecule has 7 heteroatoms. The molecule has 1 fully saturated rings. The van der Waals surface area contributed by atoms with E-state index in [1.54, 1.807) is 13.1 Å². The van der Waals surface area contributed by atoms with E-state index in [1.807, 2.05) is 13.8 Å². The van der Waals surface area contributed by atoms with E-state index in [-0.39, 0.29) is 25.0 Å².